The predicted molar refractivity (Wildman–Crippen MR) is 71.3 cm³/mol. The first-order chi connectivity index (χ1) is 9.02. The summed E-state index contributed by atoms with van der Waals surface area (Å²) in [6, 6.07) is 3.51. The zero-order valence-electron chi connectivity index (χ0n) is 11.5. The molecule has 1 atom stereocenters. The number of alkyl halides is 3. The monoisotopic (exact) mass is 289 g/mol. The molecule has 0 aliphatic heterocycles. The van der Waals surface area contributed by atoms with E-state index in [2.05, 4.69) is 10.6 Å². The van der Waals surface area contributed by atoms with E-state index in [1.54, 1.807) is 20.8 Å². The van der Waals surface area contributed by atoms with E-state index in [1.165, 1.54) is 12.1 Å². The fraction of sp³-hybridized carbons (Fsp3) is 0.462. The van der Waals surface area contributed by atoms with Crippen LogP contribution in [-0.4, -0.2) is 17.6 Å². The first-order valence-electron chi connectivity index (χ1n) is 6.04. The van der Waals surface area contributed by atoms with E-state index in [0.717, 1.165) is 12.1 Å². The summed E-state index contributed by atoms with van der Waals surface area (Å²) in [5.74, 6) is 0. The fourth-order valence-corrected chi connectivity index (χ4v) is 1.34. The molecule has 0 saturated heterocycles. The van der Waals surface area contributed by atoms with Crippen molar-refractivity contribution in [3.8, 4) is 0 Å². The molecule has 0 heterocycles. The summed E-state index contributed by atoms with van der Waals surface area (Å²) in [4.78, 5) is 11.7. The van der Waals surface area contributed by atoms with Gasteiger partial charge in [-0.2, -0.15) is 13.2 Å². The van der Waals surface area contributed by atoms with Gasteiger partial charge in [-0.3, -0.25) is 0 Å². The highest BCUT2D eigenvalue weighted by molar-refractivity contribution is 5.89. The number of halogens is 3. The van der Waals surface area contributed by atoms with Gasteiger partial charge in [-0.25, -0.2) is 4.79 Å². The van der Waals surface area contributed by atoms with Gasteiger partial charge in [0, 0.05) is 11.7 Å². The predicted octanol–water partition coefficient (Wildman–Crippen LogP) is 2.95. The molecule has 0 bridgehead atoms. The Bertz CT molecular complexity index is 484. The third-order valence-corrected chi connectivity index (χ3v) is 3.02. The van der Waals surface area contributed by atoms with Crippen LogP contribution in [0.5, 0.6) is 0 Å². The Morgan fingerprint density at radius 3 is 2.40 bits per heavy atom. The van der Waals surface area contributed by atoms with Crippen molar-refractivity contribution in [1.82, 2.24) is 5.32 Å². The normalized spacial score (nSPS) is 13.8. The molecule has 0 aliphatic rings. The number of hydrogen-bond donors (Lipinski definition) is 3. The van der Waals surface area contributed by atoms with Crippen molar-refractivity contribution in [3.63, 3.8) is 0 Å². The second kappa shape index (κ2) is 5.70. The quantitative estimate of drug-likeness (QED) is 0.801. The Morgan fingerprint density at radius 1 is 1.30 bits per heavy atom. The zero-order valence-corrected chi connectivity index (χ0v) is 11.5. The van der Waals surface area contributed by atoms with Gasteiger partial charge in [-0.05, 0) is 39.0 Å². The van der Waals surface area contributed by atoms with E-state index < -0.39 is 23.3 Å². The average molecular weight is 289 g/mol. The van der Waals surface area contributed by atoms with Crippen LogP contribution in [0, 0.1) is 0 Å². The van der Waals surface area contributed by atoms with Crippen LogP contribution in [0.4, 0.5) is 23.7 Å². The Labute approximate surface area is 115 Å². The van der Waals surface area contributed by atoms with Crippen molar-refractivity contribution in [2.45, 2.75) is 38.5 Å². The lowest BCUT2D eigenvalue weighted by atomic mass is 9.97. The molecule has 1 aromatic rings. The summed E-state index contributed by atoms with van der Waals surface area (Å²) in [6.45, 7) is 5.18. The number of urea groups is 1. The minimum Gasteiger partial charge on any atom is -0.331 e. The Hall–Kier alpha value is -1.76. The molecule has 2 amide bonds. The minimum atomic E-state index is -4.45. The maximum Gasteiger partial charge on any atom is 0.416 e. The van der Waals surface area contributed by atoms with Crippen LogP contribution in [-0.2, 0) is 6.18 Å². The highest BCUT2D eigenvalue weighted by Crippen LogP contribution is 2.30. The molecule has 0 aliphatic carbocycles. The van der Waals surface area contributed by atoms with E-state index in [-0.39, 0.29) is 11.7 Å². The molecule has 7 heteroatoms. The van der Waals surface area contributed by atoms with Gasteiger partial charge < -0.3 is 16.4 Å². The van der Waals surface area contributed by atoms with Gasteiger partial charge in [0.1, 0.15) is 0 Å². The standard InChI is InChI=1S/C13H18F3N3O/c1-8(17)12(2,3)19-11(20)18-10-6-4-5-9(7-10)13(14,15)16/h4-8H,17H2,1-3H3,(H2,18,19,20). The molecule has 4 nitrogen and oxygen atoms in total. The van der Waals surface area contributed by atoms with Gasteiger partial charge in [0.05, 0.1) is 11.1 Å². The molecule has 1 rings (SSSR count). The van der Waals surface area contributed by atoms with Crippen LogP contribution in [0.25, 0.3) is 0 Å². The van der Waals surface area contributed by atoms with Crippen LogP contribution in [0.2, 0.25) is 0 Å². The first kappa shape index (κ1) is 16.3. The SMILES string of the molecule is CC(N)C(C)(C)NC(=O)Nc1cccc(C(F)(F)F)c1. The number of anilines is 1. The van der Waals surface area contributed by atoms with Crippen LogP contribution in [0.1, 0.15) is 26.3 Å². The largest absolute Gasteiger partial charge is 0.416 e. The number of carbonyl (C=O) groups excluding carboxylic acids is 1. The number of rotatable bonds is 3. The number of nitrogens with two attached hydrogens (primary N) is 1. The van der Waals surface area contributed by atoms with Crippen molar-refractivity contribution in [2.24, 2.45) is 5.73 Å². The van der Waals surface area contributed by atoms with Crippen LogP contribution >= 0.6 is 0 Å². The van der Waals surface area contributed by atoms with E-state index in [0.29, 0.717) is 0 Å². The molecule has 112 valence electrons. The minimum absolute atomic E-state index is 0.0674. The van der Waals surface area contributed by atoms with E-state index in [4.69, 9.17) is 5.73 Å². The molecule has 0 radical (unpaired) electrons. The second-order valence-electron chi connectivity index (χ2n) is 5.17. The molecule has 1 aromatic carbocycles. The van der Waals surface area contributed by atoms with E-state index in [1.807, 2.05) is 0 Å². The first-order valence-corrected chi connectivity index (χ1v) is 6.04. The molecule has 1 unspecified atom stereocenters. The van der Waals surface area contributed by atoms with E-state index >= 15 is 0 Å². The van der Waals surface area contributed by atoms with Crippen LogP contribution < -0.4 is 16.4 Å². The van der Waals surface area contributed by atoms with Gasteiger partial charge in [-0.15, -0.1) is 0 Å². The Balaban J connectivity index is 2.77. The highest BCUT2D eigenvalue weighted by Gasteiger charge is 2.30. The molecular weight excluding hydrogens is 271 g/mol. The molecule has 0 spiro atoms. The van der Waals surface area contributed by atoms with Crippen LogP contribution in [0.15, 0.2) is 24.3 Å². The topological polar surface area (TPSA) is 67.1 Å². The summed E-state index contributed by atoms with van der Waals surface area (Å²) in [5, 5.41) is 4.97. The van der Waals surface area contributed by atoms with Gasteiger partial charge in [0.2, 0.25) is 0 Å². The number of amides is 2. The summed E-state index contributed by atoms with van der Waals surface area (Å²) in [7, 11) is 0. The third kappa shape index (κ3) is 4.41. The Kier molecular flexibility index (Phi) is 4.65. The number of benzene rings is 1. The molecule has 20 heavy (non-hydrogen) atoms. The summed E-state index contributed by atoms with van der Waals surface area (Å²) in [6.07, 6.45) is -4.45. The van der Waals surface area contributed by atoms with Crippen molar-refractivity contribution >= 4 is 11.7 Å². The molecule has 0 saturated carbocycles. The smallest absolute Gasteiger partial charge is 0.331 e. The fourth-order valence-electron chi connectivity index (χ4n) is 1.34. The number of nitrogens with one attached hydrogen (secondary N) is 2. The van der Waals surface area contributed by atoms with Gasteiger partial charge in [0.25, 0.3) is 0 Å². The lowest BCUT2D eigenvalue weighted by Crippen LogP contribution is -2.55. The lowest BCUT2D eigenvalue weighted by Gasteiger charge is -2.30. The highest BCUT2D eigenvalue weighted by atomic mass is 19.4. The van der Waals surface area contributed by atoms with Gasteiger partial charge in [0.15, 0.2) is 0 Å². The number of carbonyl (C=O) groups is 1. The Morgan fingerprint density at radius 2 is 1.90 bits per heavy atom. The average Bonchev–Trinajstić information content (AvgIpc) is 2.26. The molecular formula is C13H18F3N3O. The van der Waals surface area contributed by atoms with Gasteiger partial charge in [-0.1, -0.05) is 6.07 Å². The summed E-state index contributed by atoms with van der Waals surface area (Å²) >= 11 is 0. The van der Waals surface area contributed by atoms with E-state index in [9.17, 15) is 18.0 Å². The third-order valence-electron chi connectivity index (χ3n) is 3.02. The van der Waals surface area contributed by atoms with Gasteiger partial charge >= 0.3 is 12.2 Å². The van der Waals surface area contributed by atoms with Crippen molar-refractivity contribution in [1.29, 1.82) is 0 Å². The number of hydrogen-bond acceptors (Lipinski definition) is 2. The molecule has 0 aromatic heterocycles. The van der Waals surface area contributed by atoms with Crippen molar-refractivity contribution < 1.29 is 18.0 Å². The summed E-state index contributed by atoms with van der Waals surface area (Å²) in [5.41, 5.74) is 4.28. The molecule has 4 N–H and O–H groups in total. The summed E-state index contributed by atoms with van der Waals surface area (Å²) < 4.78 is 37.6. The molecule has 0 fully saturated rings. The van der Waals surface area contributed by atoms with Crippen molar-refractivity contribution in [3.05, 3.63) is 29.8 Å². The zero-order chi connectivity index (χ0) is 15.6. The van der Waals surface area contributed by atoms with Crippen LogP contribution in [0.3, 0.4) is 0 Å². The lowest BCUT2D eigenvalue weighted by molar-refractivity contribution is -0.137. The van der Waals surface area contributed by atoms with Crippen molar-refractivity contribution in [2.75, 3.05) is 5.32 Å². The maximum absolute atomic E-state index is 12.5. The second-order valence-corrected chi connectivity index (χ2v) is 5.17. The maximum atomic E-state index is 12.5.